The van der Waals surface area contributed by atoms with E-state index >= 15 is 0 Å². The molecule has 0 saturated carbocycles. The molecule has 0 aromatic carbocycles. The highest BCUT2D eigenvalue weighted by Crippen LogP contribution is 2.27. The van der Waals surface area contributed by atoms with Gasteiger partial charge in [0, 0.05) is 25.2 Å². The lowest BCUT2D eigenvalue weighted by atomic mass is 9.94. The summed E-state index contributed by atoms with van der Waals surface area (Å²) in [7, 11) is 0. The average molecular weight is 284 g/mol. The monoisotopic (exact) mass is 284 g/mol. The molecule has 0 aromatic rings. The molecule has 0 aromatic heterocycles. The maximum absolute atomic E-state index is 13.2. The van der Waals surface area contributed by atoms with Gasteiger partial charge in [-0.3, -0.25) is 4.90 Å². The number of alkyl halides is 4. The molecule has 3 unspecified atom stereocenters. The zero-order valence-electron chi connectivity index (χ0n) is 11.8. The number of hydrogen-bond donors (Lipinski definition) is 1. The second-order valence-electron chi connectivity index (χ2n) is 5.45. The highest BCUT2D eigenvalue weighted by atomic mass is 19.3. The lowest BCUT2D eigenvalue weighted by molar-refractivity contribution is -0.149. The van der Waals surface area contributed by atoms with Crippen LogP contribution in [0.15, 0.2) is 0 Å². The molecule has 1 heterocycles. The van der Waals surface area contributed by atoms with Crippen molar-refractivity contribution in [2.24, 2.45) is 5.92 Å². The summed E-state index contributed by atoms with van der Waals surface area (Å²) >= 11 is 0. The van der Waals surface area contributed by atoms with Crippen molar-refractivity contribution in [3.8, 4) is 0 Å². The third kappa shape index (κ3) is 4.31. The molecule has 6 heteroatoms. The summed E-state index contributed by atoms with van der Waals surface area (Å²) < 4.78 is 51.1. The summed E-state index contributed by atoms with van der Waals surface area (Å²) in [4.78, 5) is 1.53. The van der Waals surface area contributed by atoms with Crippen molar-refractivity contribution in [1.29, 1.82) is 0 Å². The van der Waals surface area contributed by atoms with Gasteiger partial charge in [-0.1, -0.05) is 27.2 Å². The van der Waals surface area contributed by atoms with Crippen molar-refractivity contribution in [1.82, 2.24) is 10.2 Å². The fourth-order valence-electron chi connectivity index (χ4n) is 2.48. The Morgan fingerprint density at radius 1 is 1.32 bits per heavy atom. The largest absolute Gasteiger partial charge is 0.319 e. The topological polar surface area (TPSA) is 15.3 Å². The van der Waals surface area contributed by atoms with Gasteiger partial charge >= 0.3 is 12.3 Å². The first-order chi connectivity index (χ1) is 8.81. The molecule has 1 saturated heterocycles. The molecule has 2 nitrogen and oxygen atoms in total. The summed E-state index contributed by atoms with van der Waals surface area (Å²) in [5.41, 5.74) is 0. The van der Waals surface area contributed by atoms with Gasteiger partial charge < -0.3 is 5.32 Å². The lowest BCUT2D eigenvalue weighted by Crippen LogP contribution is -2.60. The summed E-state index contributed by atoms with van der Waals surface area (Å²) in [5, 5.41) is 3.34. The van der Waals surface area contributed by atoms with Crippen molar-refractivity contribution in [3.63, 3.8) is 0 Å². The van der Waals surface area contributed by atoms with Crippen LogP contribution in [0.25, 0.3) is 0 Å². The maximum Gasteiger partial charge on any atom is 0.319 e. The molecule has 19 heavy (non-hydrogen) atoms. The average Bonchev–Trinajstić information content (AvgIpc) is 2.37. The number of nitrogens with zero attached hydrogens (tertiary/aromatic N) is 1. The number of halogens is 4. The normalized spacial score (nSPS) is 27.8. The van der Waals surface area contributed by atoms with E-state index < -0.39 is 18.9 Å². The Hall–Kier alpha value is -0.360. The summed E-state index contributed by atoms with van der Waals surface area (Å²) in [6, 6.07) is 0.00574. The van der Waals surface area contributed by atoms with Crippen LogP contribution in [0.1, 0.15) is 33.6 Å². The highest BCUT2D eigenvalue weighted by Gasteiger charge is 2.44. The first-order valence-corrected chi connectivity index (χ1v) is 6.95. The van der Waals surface area contributed by atoms with E-state index in [1.54, 1.807) is 0 Å². The second-order valence-corrected chi connectivity index (χ2v) is 5.45. The number of nitrogens with one attached hydrogen (secondary N) is 1. The van der Waals surface area contributed by atoms with Crippen LogP contribution in [0, 0.1) is 5.92 Å². The van der Waals surface area contributed by atoms with Crippen LogP contribution in [-0.2, 0) is 0 Å². The van der Waals surface area contributed by atoms with Crippen molar-refractivity contribution >= 4 is 0 Å². The quantitative estimate of drug-likeness (QED) is 0.754. The molecular formula is C13H24F4N2. The zero-order valence-corrected chi connectivity index (χ0v) is 11.8. The van der Waals surface area contributed by atoms with Gasteiger partial charge in [-0.05, 0) is 12.3 Å². The summed E-state index contributed by atoms with van der Waals surface area (Å²) in [6.45, 7) is 6.13. The SMILES string of the molecule is CCC(C)C1CN(CC(F)(F)C(F)F)C(CC)CN1. The van der Waals surface area contributed by atoms with E-state index in [4.69, 9.17) is 0 Å². The molecule has 1 rings (SSSR count). The minimum Gasteiger partial charge on any atom is -0.311 e. The van der Waals surface area contributed by atoms with Crippen molar-refractivity contribution in [2.75, 3.05) is 19.6 Å². The third-order valence-electron chi connectivity index (χ3n) is 4.10. The highest BCUT2D eigenvalue weighted by molar-refractivity contribution is 4.90. The van der Waals surface area contributed by atoms with Gasteiger partial charge in [0.05, 0.1) is 6.54 Å². The Kier molecular flexibility index (Phi) is 6.05. The van der Waals surface area contributed by atoms with Crippen LogP contribution >= 0.6 is 0 Å². The molecule has 0 amide bonds. The van der Waals surface area contributed by atoms with Crippen LogP contribution in [0.3, 0.4) is 0 Å². The molecule has 1 N–H and O–H groups in total. The number of hydrogen-bond acceptors (Lipinski definition) is 2. The van der Waals surface area contributed by atoms with E-state index in [0.29, 0.717) is 25.4 Å². The van der Waals surface area contributed by atoms with Crippen molar-refractivity contribution < 1.29 is 17.6 Å². The van der Waals surface area contributed by atoms with E-state index in [2.05, 4.69) is 5.32 Å². The van der Waals surface area contributed by atoms with Gasteiger partial charge in [-0.2, -0.15) is 8.78 Å². The van der Waals surface area contributed by atoms with Gasteiger partial charge in [-0.25, -0.2) is 8.78 Å². The molecule has 1 aliphatic heterocycles. The number of piperazine rings is 1. The minimum atomic E-state index is -3.93. The minimum absolute atomic E-state index is 0.0927. The molecule has 0 aliphatic carbocycles. The molecule has 1 aliphatic rings. The molecular weight excluding hydrogens is 260 g/mol. The van der Waals surface area contributed by atoms with E-state index in [1.165, 1.54) is 4.90 Å². The lowest BCUT2D eigenvalue weighted by Gasteiger charge is -2.43. The fourth-order valence-corrected chi connectivity index (χ4v) is 2.48. The van der Waals surface area contributed by atoms with Gasteiger partial charge in [-0.15, -0.1) is 0 Å². The predicted molar refractivity (Wildman–Crippen MR) is 67.8 cm³/mol. The Morgan fingerprint density at radius 3 is 2.42 bits per heavy atom. The van der Waals surface area contributed by atoms with Crippen molar-refractivity contribution in [2.45, 2.75) is 58.0 Å². The van der Waals surface area contributed by atoms with Crippen LogP contribution < -0.4 is 5.32 Å². The standard InChI is InChI=1S/C13H24F4N2/c1-4-9(3)11-7-19(10(5-2)6-18-11)8-13(16,17)12(14)15/h9-12,18H,4-8H2,1-3H3. The van der Waals surface area contributed by atoms with Crippen LogP contribution in [-0.4, -0.2) is 49.0 Å². The first kappa shape index (κ1) is 16.7. The first-order valence-electron chi connectivity index (χ1n) is 6.95. The Labute approximate surface area is 112 Å². The second kappa shape index (κ2) is 6.88. The van der Waals surface area contributed by atoms with Gasteiger partial charge in [0.15, 0.2) is 0 Å². The molecule has 114 valence electrons. The Bertz CT molecular complexity index is 273. The third-order valence-corrected chi connectivity index (χ3v) is 4.10. The van der Waals surface area contributed by atoms with Crippen molar-refractivity contribution in [3.05, 3.63) is 0 Å². The Balaban J connectivity index is 2.70. The maximum atomic E-state index is 13.2. The van der Waals surface area contributed by atoms with Gasteiger partial charge in [0.1, 0.15) is 0 Å². The van der Waals surface area contributed by atoms with Crippen LogP contribution in [0.4, 0.5) is 17.6 Å². The van der Waals surface area contributed by atoms with E-state index in [1.807, 2.05) is 20.8 Å². The molecule has 0 radical (unpaired) electrons. The molecule has 0 bridgehead atoms. The summed E-state index contributed by atoms with van der Waals surface area (Å²) in [6.07, 6.45) is -1.98. The Morgan fingerprint density at radius 2 is 1.95 bits per heavy atom. The fraction of sp³-hybridized carbons (Fsp3) is 1.00. The van der Waals surface area contributed by atoms with Gasteiger partial charge in [0.2, 0.25) is 0 Å². The van der Waals surface area contributed by atoms with E-state index in [0.717, 1.165) is 6.42 Å². The molecule has 3 atom stereocenters. The van der Waals surface area contributed by atoms with E-state index in [9.17, 15) is 17.6 Å². The molecule has 0 spiro atoms. The predicted octanol–water partition coefficient (Wildman–Crippen LogP) is 2.99. The summed E-state index contributed by atoms with van der Waals surface area (Å²) in [5.74, 6) is -3.58. The smallest absolute Gasteiger partial charge is 0.311 e. The van der Waals surface area contributed by atoms with Gasteiger partial charge in [0.25, 0.3) is 0 Å². The van der Waals surface area contributed by atoms with Crippen LogP contribution in [0.2, 0.25) is 0 Å². The van der Waals surface area contributed by atoms with Crippen LogP contribution in [0.5, 0.6) is 0 Å². The number of rotatable bonds is 6. The molecule has 1 fully saturated rings. The zero-order chi connectivity index (χ0) is 14.6. The van der Waals surface area contributed by atoms with E-state index in [-0.39, 0.29) is 12.1 Å².